The minimum atomic E-state index is 0.748. The fourth-order valence-corrected chi connectivity index (χ4v) is 1.90. The van der Waals surface area contributed by atoms with Crippen molar-refractivity contribution in [3.8, 4) is 0 Å². The highest BCUT2D eigenvalue weighted by Gasteiger charge is 2.15. The number of aryl methyl sites for hydroxylation is 1. The molecule has 3 heteroatoms. The number of piperidine rings is 1. The van der Waals surface area contributed by atoms with Crippen molar-refractivity contribution in [3.63, 3.8) is 0 Å². The molecule has 0 aliphatic carbocycles. The molecule has 0 spiro atoms. The lowest BCUT2D eigenvalue weighted by molar-refractivity contribution is 0.372. The molecule has 0 amide bonds. The van der Waals surface area contributed by atoms with E-state index in [0.29, 0.717) is 0 Å². The van der Waals surface area contributed by atoms with Crippen molar-refractivity contribution in [2.45, 2.75) is 26.2 Å². The van der Waals surface area contributed by atoms with Crippen LogP contribution in [0.5, 0.6) is 0 Å². The van der Waals surface area contributed by atoms with Gasteiger partial charge in [-0.3, -0.25) is 0 Å². The predicted molar refractivity (Wildman–Crippen MR) is 50.5 cm³/mol. The van der Waals surface area contributed by atoms with Gasteiger partial charge in [0.05, 0.1) is 5.69 Å². The molecule has 0 bridgehead atoms. The minimum Gasteiger partial charge on any atom is -0.449 e. The summed E-state index contributed by atoms with van der Waals surface area (Å²) in [4.78, 5) is 4.22. The maximum absolute atomic E-state index is 5.17. The van der Waals surface area contributed by atoms with Crippen LogP contribution in [-0.4, -0.2) is 18.1 Å². The smallest absolute Gasteiger partial charge is 0.181 e. The predicted octanol–water partition coefficient (Wildman–Crippen LogP) is 1.53. The first-order chi connectivity index (χ1) is 6.36. The highest BCUT2D eigenvalue weighted by atomic mass is 16.3. The van der Waals surface area contributed by atoms with E-state index in [2.05, 4.69) is 10.3 Å². The zero-order valence-electron chi connectivity index (χ0n) is 8.05. The summed E-state index contributed by atoms with van der Waals surface area (Å²) in [5.41, 5.74) is 1.13. The van der Waals surface area contributed by atoms with Crippen molar-refractivity contribution >= 4 is 0 Å². The Morgan fingerprint density at radius 3 is 3.23 bits per heavy atom. The van der Waals surface area contributed by atoms with Gasteiger partial charge in [-0.05, 0) is 45.2 Å². The Morgan fingerprint density at radius 1 is 1.69 bits per heavy atom. The summed E-state index contributed by atoms with van der Waals surface area (Å²) in [5, 5.41) is 3.41. The van der Waals surface area contributed by atoms with Crippen LogP contribution in [0.1, 0.15) is 24.3 Å². The van der Waals surface area contributed by atoms with Gasteiger partial charge in [-0.1, -0.05) is 0 Å². The van der Waals surface area contributed by atoms with Crippen LogP contribution in [0.15, 0.2) is 10.8 Å². The van der Waals surface area contributed by atoms with Crippen LogP contribution in [0.3, 0.4) is 0 Å². The lowest BCUT2D eigenvalue weighted by atomic mass is 9.94. The number of nitrogens with zero attached hydrogens (tertiary/aromatic N) is 1. The minimum absolute atomic E-state index is 0.748. The molecule has 72 valence electrons. The van der Waals surface area contributed by atoms with E-state index in [9.17, 15) is 0 Å². The monoisotopic (exact) mass is 180 g/mol. The van der Waals surface area contributed by atoms with Gasteiger partial charge >= 0.3 is 0 Å². The average Bonchev–Trinajstić information content (AvgIpc) is 2.54. The SMILES string of the molecule is Cc1ocnc1CC1CCCNC1. The van der Waals surface area contributed by atoms with Crippen LogP contribution < -0.4 is 5.32 Å². The highest BCUT2D eigenvalue weighted by molar-refractivity contribution is 5.06. The summed E-state index contributed by atoms with van der Waals surface area (Å²) < 4.78 is 5.17. The summed E-state index contributed by atoms with van der Waals surface area (Å²) in [6, 6.07) is 0. The second-order valence-corrected chi connectivity index (χ2v) is 3.77. The standard InChI is InChI=1S/C10H16N2O/c1-8-10(12-7-13-8)5-9-3-2-4-11-6-9/h7,9,11H,2-6H2,1H3. The van der Waals surface area contributed by atoms with Gasteiger partial charge in [-0.15, -0.1) is 0 Å². The topological polar surface area (TPSA) is 38.1 Å². The molecule has 1 fully saturated rings. The molecule has 2 heterocycles. The average molecular weight is 180 g/mol. The van der Waals surface area contributed by atoms with Crippen LogP contribution >= 0.6 is 0 Å². The summed E-state index contributed by atoms with van der Waals surface area (Å²) >= 11 is 0. The fourth-order valence-electron chi connectivity index (χ4n) is 1.90. The van der Waals surface area contributed by atoms with Crippen LogP contribution in [0, 0.1) is 12.8 Å². The van der Waals surface area contributed by atoms with E-state index in [1.165, 1.54) is 19.4 Å². The lowest BCUT2D eigenvalue weighted by Crippen LogP contribution is -2.31. The van der Waals surface area contributed by atoms with E-state index in [4.69, 9.17) is 4.42 Å². The van der Waals surface area contributed by atoms with Crippen LogP contribution in [0.4, 0.5) is 0 Å². The van der Waals surface area contributed by atoms with E-state index < -0.39 is 0 Å². The van der Waals surface area contributed by atoms with Gasteiger partial charge in [0.2, 0.25) is 0 Å². The molecule has 1 aliphatic rings. The molecule has 2 rings (SSSR count). The van der Waals surface area contributed by atoms with Crippen molar-refractivity contribution in [3.05, 3.63) is 17.8 Å². The maximum Gasteiger partial charge on any atom is 0.181 e. The van der Waals surface area contributed by atoms with Gasteiger partial charge in [0.15, 0.2) is 6.39 Å². The zero-order valence-corrected chi connectivity index (χ0v) is 8.05. The number of hydrogen-bond acceptors (Lipinski definition) is 3. The molecule has 1 saturated heterocycles. The van der Waals surface area contributed by atoms with E-state index in [0.717, 1.165) is 30.3 Å². The van der Waals surface area contributed by atoms with Gasteiger partial charge in [-0.2, -0.15) is 0 Å². The number of rotatable bonds is 2. The number of hydrogen-bond donors (Lipinski definition) is 1. The van der Waals surface area contributed by atoms with Crippen LogP contribution in [-0.2, 0) is 6.42 Å². The number of oxazole rings is 1. The van der Waals surface area contributed by atoms with Crippen molar-refractivity contribution in [1.29, 1.82) is 0 Å². The third kappa shape index (κ3) is 2.10. The summed E-state index contributed by atoms with van der Waals surface area (Å²) in [6.45, 7) is 4.29. The van der Waals surface area contributed by atoms with Gasteiger partial charge in [0.25, 0.3) is 0 Å². The summed E-state index contributed by atoms with van der Waals surface area (Å²) in [7, 11) is 0. The van der Waals surface area contributed by atoms with Crippen molar-refractivity contribution < 1.29 is 4.42 Å². The quantitative estimate of drug-likeness (QED) is 0.750. The molecular weight excluding hydrogens is 164 g/mol. The second-order valence-electron chi connectivity index (χ2n) is 3.77. The molecule has 1 atom stereocenters. The van der Waals surface area contributed by atoms with Gasteiger partial charge in [0, 0.05) is 0 Å². The van der Waals surface area contributed by atoms with Crippen molar-refractivity contribution in [2.75, 3.05) is 13.1 Å². The molecule has 0 saturated carbocycles. The third-order valence-electron chi connectivity index (χ3n) is 2.73. The van der Waals surface area contributed by atoms with Gasteiger partial charge < -0.3 is 9.73 Å². The Morgan fingerprint density at radius 2 is 2.62 bits per heavy atom. The molecule has 1 aromatic heterocycles. The van der Waals surface area contributed by atoms with E-state index in [1.807, 2.05) is 6.92 Å². The largest absolute Gasteiger partial charge is 0.449 e. The number of aromatic nitrogens is 1. The maximum atomic E-state index is 5.17. The normalized spacial score (nSPS) is 23.3. The summed E-state index contributed by atoms with van der Waals surface area (Å²) in [6.07, 6.45) is 5.22. The van der Waals surface area contributed by atoms with Crippen LogP contribution in [0.25, 0.3) is 0 Å². The van der Waals surface area contributed by atoms with Gasteiger partial charge in [-0.25, -0.2) is 4.98 Å². The van der Waals surface area contributed by atoms with E-state index in [1.54, 1.807) is 6.39 Å². The third-order valence-corrected chi connectivity index (χ3v) is 2.73. The molecule has 1 aromatic rings. The Labute approximate surface area is 78.5 Å². The molecule has 13 heavy (non-hydrogen) atoms. The molecule has 1 N–H and O–H groups in total. The van der Waals surface area contributed by atoms with Crippen molar-refractivity contribution in [1.82, 2.24) is 10.3 Å². The molecular formula is C10H16N2O. The lowest BCUT2D eigenvalue weighted by Gasteiger charge is -2.21. The van der Waals surface area contributed by atoms with Crippen molar-refractivity contribution in [2.24, 2.45) is 5.92 Å². The van der Waals surface area contributed by atoms with E-state index >= 15 is 0 Å². The Hall–Kier alpha value is -0.830. The molecule has 0 radical (unpaired) electrons. The Kier molecular flexibility index (Phi) is 2.64. The molecule has 0 aromatic carbocycles. The van der Waals surface area contributed by atoms with E-state index in [-0.39, 0.29) is 0 Å². The first-order valence-corrected chi connectivity index (χ1v) is 4.96. The first kappa shape index (κ1) is 8.75. The molecule has 1 aliphatic heterocycles. The van der Waals surface area contributed by atoms with Crippen LogP contribution in [0.2, 0.25) is 0 Å². The summed E-state index contributed by atoms with van der Waals surface area (Å²) in [5.74, 6) is 1.73. The first-order valence-electron chi connectivity index (χ1n) is 4.96. The zero-order chi connectivity index (χ0) is 9.10. The Bertz CT molecular complexity index is 264. The molecule has 1 unspecified atom stereocenters. The molecule has 3 nitrogen and oxygen atoms in total. The highest BCUT2D eigenvalue weighted by Crippen LogP contribution is 2.17. The number of nitrogens with one attached hydrogen (secondary N) is 1. The van der Waals surface area contributed by atoms with Gasteiger partial charge in [0.1, 0.15) is 5.76 Å². The second kappa shape index (κ2) is 3.92. The fraction of sp³-hybridized carbons (Fsp3) is 0.700. The Balaban J connectivity index is 1.93.